The second-order valence-electron chi connectivity index (χ2n) is 5.47. The van der Waals surface area contributed by atoms with E-state index in [2.05, 4.69) is 5.32 Å². The Morgan fingerprint density at radius 1 is 1.04 bits per heavy atom. The molecule has 1 aromatic heterocycles. The number of carboxylic acids is 1. The number of hydrogen-bond donors (Lipinski definition) is 2. The zero-order chi connectivity index (χ0) is 19.4. The molecular weight excluding hydrogens is 393 g/mol. The molecule has 2 aromatic carbocycles. The van der Waals surface area contributed by atoms with Crippen LogP contribution in [0.4, 0.5) is 5.69 Å². The number of ether oxygens (including phenoxy) is 1. The number of amides is 1. The first-order chi connectivity index (χ1) is 12.9. The summed E-state index contributed by atoms with van der Waals surface area (Å²) in [6, 6.07) is 13.8. The van der Waals surface area contributed by atoms with Crippen LogP contribution < -0.4 is 10.1 Å². The van der Waals surface area contributed by atoms with Gasteiger partial charge in [-0.05, 0) is 54.6 Å². The highest BCUT2D eigenvalue weighted by Crippen LogP contribution is 2.28. The summed E-state index contributed by atoms with van der Waals surface area (Å²) < 4.78 is 11.0. The maximum absolute atomic E-state index is 12.2. The highest BCUT2D eigenvalue weighted by Gasteiger charge is 2.13. The minimum absolute atomic E-state index is 0.0853. The molecular formula is C19H13Cl2NO5. The molecule has 0 aliphatic carbocycles. The first-order valence-corrected chi connectivity index (χ1v) is 8.49. The van der Waals surface area contributed by atoms with Crippen molar-refractivity contribution < 1.29 is 23.8 Å². The third-order valence-corrected chi connectivity index (χ3v) is 4.07. The standard InChI is InChI=1S/C19H13Cl2NO5/c20-12-3-7-16(15(21)9-12)26-10-14-6-8-17(27-14)18(23)22-13-4-1-11(2-5-13)19(24)25/h1-9H,10H2,(H,22,23)(H,24,25). The number of anilines is 1. The lowest BCUT2D eigenvalue weighted by atomic mass is 10.2. The van der Waals surface area contributed by atoms with E-state index in [9.17, 15) is 9.59 Å². The van der Waals surface area contributed by atoms with Crippen molar-refractivity contribution in [2.24, 2.45) is 0 Å². The molecule has 0 unspecified atom stereocenters. The second-order valence-corrected chi connectivity index (χ2v) is 6.31. The summed E-state index contributed by atoms with van der Waals surface area (Å²) in [6.45, 7) is 0.0853. The SMILES string of the molecule is O=C(O)c1ccc(NC(=O)c2ccc(COc3ccc(Cl)cc3Cl)o2)cc1. The zero-order valence-corrected chi connectivity index (χ0v) is 15.3. The molecule has 0 spiro atoms. The molecule has 0 radical (unpaired) electrons. The minimum Gasteiger partial charge on any atom is -0.484 e. The largest absolute Gasteiger partial charge is 0.484 e. The van der Waals surface area contributed by atoms with Crippen LogP contribution in [0.5, 0.6) is 5.75 Å². The van der Waals surface area contributed by atoms with Gasteiger partial charge in [0, 0.05) is 10.7 Å². The van der Waals surface area contributed by atoms with Crippen LogP contribution in [0.25, 0.3) is 0 Å². The first-order valence-electron chi connectivity index (χ1n) is 7.73. The molecule has 0 bridgehead atoms. The van der Waals surface area contributed by atoms with Gasteiger partial charge in [-0.25, -0.2) is 4.79 Å². The van der Waals surface area contributed by atoms with Gasteiger partial charge in [-0.2, -0.15) is 0 Å². The van der Waals surface area contributed by atoms with E-state index < -0.39 is 11.9 Å². The topological polar surface area (TPSA) is 88.8 Å². The van der Waals surface area contributed by atoms with Gasteiger partial charge in [0.05, 0.1) is 10.6 Å². The van der Waals surface area contributed by atoms with Gasteiger partial charge in [0.2, 0.25) is 0 Å². The Kier molecular flexibility index (Phi) is 5.69. The van der Waals surface area contributed by atoms with Crippen LogP contribution in [0.1, 0.15) is 26.7 Å². The maximum atomic E-state index is 12.2. The molecule has 0 saturated heterocycles. The predicted octanol–water partition coefficient (Wildman–Crippen LogP) is 5.12. The lowest BCUT2D eigenvalue weighted by Crippen LogP contribution is -2.11. The summed E-state index contributed by atoms with van der Waals surface area (Å²) in [4.78, 5) is 23.0. The first kappa shape index (κ1) is 18.8. The van der Waals surface area contributed by atoms with Crippen molar-refractivity contribution in [1.29, 1.82) is 0 Å². The van der Waals surface area contributed by atoms with Crippen LogP contribution in [0.3, 0.4) is 0 Å². The lowest BCUT2D eigenvalue weighted by Gasteiger charge is -2.06. The summed E-state index contributed by atoms with van der Waals surface area (Å²) >= 11 is 11.9. The maximum Gasteiger partial charge on any atom is 0.335 e. The van der Waals surface area contributed by atoms with E-state index in [0.29, 0.717) is 27.2 Å². The van der Waals surface area contributed by atoms with Gasteiger partial charge in [0.25, 0.3) is 5.91 Å². The van der Waals surface area contributed by atoms with E-state index in [1.54, 1.807) is 24.3 Å². The van der Waals surface area contributed by atoms with E-state index in [1.165, 1.54) is 30.3 Å². The number of furan rings is 1. The molecule has 0 atom stereocenters. The highest BCUT2D eigenvalue weighted by molar-refractivity contribution is 6.35. The van der Waals surface area contributed by atoms with Crippen molar-refractivity contribution >= 4 is 40.8 Å². The third-order valence-electron chi connectivity index (χ3n) is 3.54. The lowest BCUT2D eigenvalue weighted by molar-refractivity contribution is 0.0696. The van der Waals surface area contributed by atoms with Crippen LogP contribution in [0.2, 0.25) is 10.0 Å². The minimum atomic E-state index is -1.04. The van der Waals surface area contributed by atoms with E-state index in [-0.39, 0.29) is 17.9 Å². The van der Waals surface area contributed by atoms with E-state index in [0.717, 1.165) is 0 Å². The molecule has 8 heteroatoms. The summed E-state index contributed by atoms with van der Waals surface area (Å²) in [5.41, 5.74) is 0.582. The summed E-state index contributed by atoms with van der Waals surface area (Å²) in [5.74, 6) is -0.523. The molecule has 1 amide bonds. The summed E-state index contributed by atoms with van der Waals surface area (Å²) in [7, 11) is 0. The molecule has 0 saturated carbocycles. The summed E-state index contributed by atoms with van der Waals surface area (Å²) in [5, 5.41) is 12.4. The molecule has 6 nitrogen and oxygen atoms in total. The Labute approximate surface area is 164 Å². The van der Waals surface area contributed by atoms with Crippen LogP contribution in [-0.2, 0) is 6.61 Å². The predicted molar refractivity (Wildman–Crippen MR) is 101 cm³/mol. The number of aromatic carboxylic acids is 1. The van der Waals surface area contributed by atoms with Crippen molar-refractivity contribution in [2.45, 2.75) is 6.61 Å². The number of carbonyl (C=O) groups excluding carboxylic acids is 1. The fourth-order valence-corrected chi connectivity index (χ4v) is 2.67. The van der Waals surface area contributed by atoms with E-state index in [1.807, 2.05) is 0 Å². The molecule has 0 fully saturated rings. The molecule has 1 heterocycles. The number of rotatable bonds is 6. The third kappa shape index (κ3) is 4.81. The van der Waals surface area contributed by atoms with Crippen molar-refractivity contribution in [3.8, 4) is 5.75 Å². The number of benzene rings is 2. The van der Waals surface area contributed by atoms with Crippen LogP contribution in [-0.4, -0.2) is 17.0 Å². The highest BCUT2D eigenvalue weighted by atomic mass is 35.5. The average Bonchev–Trinajstić information content (AvgIpc) is 3.10. The van der Waals surface area contributed by atoms with Gasteiger partial charge in [0.15, 0.2) is 5.76 Å². The summed E-state index contributed by atoms with van der Waals surface area (Å²) in [6.07, 6.45) is 0. The molecule has 27 heavy (non-hydrogen) atoms. The molecule has 3 rings (SSSR count). The second kappa shape index (κ2) is 8.16. The normalized spacial score (nSPS) is 10.4. The van der Waals surface area contributed by atoms with Gasteiger partial charge >= 0.3 is 5.97 Å². The quantitative estimate of drug-likeness (QED) is 0.594. The average molecular weight is 406 g/mol. The Bertz CT molecular complexity index is 982. The molecule has 3 aromatic rings. The van der Waals surface area contributed by atoms with Gasteiger partial charge in [-0.3, -0.25) is 4.79 Å². The van der Waals surface area contributed by atoms with Gasteiger partial charge < -0.3 is 19.6 Å². The Morgan fingerprint density at radius 3 is 2.44 bits per heavy atom. The van der Waals surface area contributed by atoms with Crippen LogP contribution in [0, 0.1) is 0 Å². The van der Waals surface area contributed by atoms with E-state index >= 15 is 0 Å². The number of nitrogens with one attached hydrogen (secondary N) is 1. The molecule has 138 valence electrons. The van der Waals surface area contributed by atoms with Crippen molar-refractivity contribution in [1.82, 2.24) is 0 Å². The monoisotopic (exact) mass is 405 g/mol. The zero-order valence-electron chi connectivity index (χ0n) is 13.7. The Balaban J connectivity index is 1.61. The van der Waals surface area contributed by atoms with Crippen LogP contribution >= 0.6 is 23.2 Å². The van der Waals surface area contributed by atoms with Gasteiger partial charge in [-0.15, -0.1) is 0 Å². The van der Waals surface area contributed by atoms with Crippen molar-refractivity contribution in [3.05, 3.63) is 81.7 Å². The number of carbonyl (C=O) groups is 2. The van der Waals surface area contributed by atoms with E-state index in [4.69, 9.17) is 37.5 Å². The number of carboxylic acid groups (broad SMARTS) is 1. The smallest absolute Gasteiger partial charge is 0.335 e. The number of halogens is 2. The van der Waals surface area contributed by atoms with Gasteiger partial charge in [-0.1, -0.05) is 23.2 Å². The molecule has 2 N–H and O–H groups in total. The Morgan fingerprint density at radius 2 is 1.78 bits per heavy atom. The molecule has 0 aliphatic heterocycles. The molecule has 0 aliphatic rings. The van der Waals surface area contributed by atoms with Crippen LogP contribution in [0.15, 0.2) is 59.0 Å². The number of hydrogen-bond acceptors (Lipinski definition) is 4. The fourth-order valence-electron chi connectivity index (χ4n) is 2.21. The fraction of sp³-hybridized carbons (Fsp3) is 0.0526. The van der Waals surface area contributed by atoms with Crippen molar-refractivity contribution in [2.75, 3.05) is 5.32 Å². The van der Waals surface area contributed by atoms with Gasteiger partial charge in [0.1, 0.15) is 18.1 Å². The van der Waals surface area contributed by atoms with Crippen molar-refractivity contribution in [3.63, 3.8) is 0 Å². The Hall–Kier alpha value is -2.96.